The molecule has 0 aliphatic carbocycles. The molecule has 2 N–H and O–H groups in total. The molecular weight excluding hydrogens is 156 g/mol. The minimum Gasteiger partial charge on any atom is -0.391 e. The lowest BCUT2D eigenvalue weighted by Crippen LogP contribution is -2.18. The van der Waals surface area contributed by atoms with Gasteiger partial charge in [0.25, 0.3) is 0 Å². The Morgan fingerprint density at radius 3 is 3.00 bits per heavy atom. The number of β-amino-alcohol motifs (C(OH)–C–C–N with tert-alkyl or cyclic N) is 1. The molecule has 0 aromatic carbocycles. The van der Waals surface area contributed by atoms with E-state index in [-0.39, 0.29) is 12.0 Å². The number of aryl methyl sites for hydroxylation is 1. The number of nitrogens with zero attached hydrogens (tertiary/aromatic N) is 3. The van der Waals surface area contributed by atoms with Gasteiger partial charge in [-0.05, 0) is 0 Å². The van der Waals surface area contributed by atoms with E-state index in [2.05, 4.69) is 15.6 Å². The van der Waals surface area contributed by atoms with Gasteiger partial charge in [0.05, 0.1) is 18.0 Å². The van der Waals surface area contributed by atoms with Crippen LogP contribution in [0, 0.1) is 0 Å². The SMILES string of the molecule is Cn1nncc1C1CNCC1O. The maximum Gasteiger partial charge on any atom is 0.0760 e. The first-order chi connectivity index (χ1) is 5.79. The van der Waals surface area contributed by atoms with E-state index in [1.54, 1.807) is 10.9 Å². The summed E-state index contributed by atoms with van der Waals surface area (Å²) in [7, 11) is 1.84. The van der Waals surface area contributed by atoms with E-state index in [9.17, 15) is 5.11 Å². The van der Waals surface area contributed by atoms with Crippen LogP contribution in [-0.4, -0.2) is 39.3 Å². The Hall–Kier alpha value is -0.940. The Bertz CT molecular complexity index is 272. The second-order valence-electron chi connectivity index (χ2n) is 3.11. The lowest BCUT2D eigenvalue weighted by Gasteiger charge is -2.11. The van der Waals surface area contributed by atoms with Crippen LogP contribution in [-0.2, 0) is 7.05 Å². The molecule has 66 valence electrons. The molecule has 1 fully saturated rings. The van der Waals surface area contributed by atoms with Crippen molar-refractivity contribution in [3.05, 3.63) is 11.9 Å². The topological polar surface area (TPSA) is 63.0 Å². The zero-order chi connectivity index (χ0) is 8.55. The van der Waals surface area contributed by atoms with Crippen molar-refractivity contribution >= 4 is 0 Å². The van der Waals surface area contributed by atoms with Crippen molar-refractivity contribution in [3.8, 4) is 0 Å². The summed E-state index contributed by atoms with van der Waals surface area (Å²) in [6.07, 6.45) is 1.41. The molecule has 5 nitrogen and oxygen atoms in total. The molecule has 12 heavy (non-hydrogen) atoms. The van der Waals surface area contributed by atoms with Crippen LogP contribution in [0.2, 0.25) is 0 Å². The summed E-state index contributed by atoms with van der Waals surface area (Å²) < 4.78 is 1.71. The van der Waals surface area contributed by atoms with E-state index in [1.165, 1.54) is 0 Å². The average molecular weight is 168 g/mol. The number of hydrogen-bond donors (Lipinski definition) is 2. The number of aliphatic hydroxyl groups excluding tert-OH is 1. The fourth-order valence-electron chi connectivity index (χ4n) is 1.60. The van der Waals surface area contributed by atoms with Gasteiger partial charge in [0, 0.05) is 26.1 Å². The minimum atomic E-state index is -0.304. The van der Waals surface area contributed by atoms with E-state index >= 15 is 0 Å². The normalized spacial score (nSPS) is 29.5. The molecule has 0 spiro atoms. The van der Waals surface area contributed by atoms with Crippen LogP contribution < -0.4 is 5.32 Å². The number of hydrogen-bond acceptors (Lipinski definition) is 4. The van der Waals surface area contributed by atoms with Gasteiger partial charge in [-0.2, -0.15) is 0 Å². The molecule has 0 bridgehead atoms. The van der Waals surface area contributed by atoms with Gasteiger partial charge in [0.1, 0.15) is 0 Å². The average Bonchev–Trinajstić information content (AvgIpc) is 2.59. The molecule has 2 atom stereocenters. The van der Waals surface area contributed by atoms with Crippen molar-refractivity contribution in [2.45, 2.75) is 12.0 Å². The van der Waals surface area contributed by atoms with E-state index in [0.717, 1.165) is 12.2 Å². The van der Waals surface area contributed by atoms with Crippen LogP contribution in [0.15, 0.2) is 6.20 Å². The molecule has 1 aliphatic rings. The van der Waals surface area contributed by atoms with Crippen LogP contribution >= 0.6 is 0 Å². The summed E-state index contributed by atoms with van der Waals surface area (Å²) >= 11 is 0. The Labute approximate surface area is 70.4 Å². The van der Waals surface area contributed by atoms with Gasteiger partial charge in [-0.1, -0.05) is 5.21 Å². The zero-order valence-corrected chi connectivity index (χ0v) is 6.94. The van der Waals surface area contributed by atoms with Gasteiger partial charge in [-0.3, -0.25) is 4.68 Å². The van der Waals surface area contributed by atoms with Gasteiger partial charge in [-0.25, -0.2) is 0 Å². The molecule has 2 heterocycles. The smallest absolute Gasteiger partial charge is 0.0760 e. The summed E-state index contributed by atoms with van der Waals surface area (Å²) in [5.41, 5.74) is 0.993. The van der Waals surface area contributed by atoms with Gasteiger partial charge in [-0.15, -0.1) is 5.10 Å². The first-order valence-corrected chi connectivity index (χ1v) is 4.02. The van der Waals surface area contributed by atoms with Crippen molar-refractivity contribution in [3.63, 3.8) is 0 Å². The summed E-state index contributed by atoms with van der Waals surface area (Å²) in [5, 5.41) is 20.3. The maximum atomic E-state index is 9.55. The molecule has 5 heteroatoms. The highest BCUT2D eigenvalue weighted by molar-refractivity contribution is 5.09. The highest BCUT2D eigenvalue weighted by Crippen LogP contribution is 2.20. The van der Waals surface area contributed by atoms with Gasteiger partial charge in [0.15, 0.2) is 0 Å². The molecule has 1 aliphatic heterocycles. The number of aliphatic hydroxyl groups is 1. The van der Waals surface area contributed by atoms with E-state index in [4.69, 9.17) is 0 Å². The number of rotatable bonds is 1. The summed E-state index contributed by atoms with van der Waals surface area (Å²) in [6.45, 7) is 1.47. The Morgan fingerprint density at radius 1 is 1.67 bits per heavy atom. The first kappa shape index (κ1) is 7.70. The molecular formula is C7H12N4O. The lowest BCUT2D eigenvalue weighted by molar-refractivity contribution is 0.174. The fourth-order valence-corrected chi connectivity index (χ4v) is 1.60. The van der Waals surface area contributed by atoms with Gasteiger partial charge < -0.3 is 10.4 Å². The molecule has 0 saturated carbocycles. The van der Waals surface area contributed by atoms with Crippen LogP contribution in [0.4, 0.5) is 0 Å². The molecule has 2 unspecified atom stereocenters. The summed E-state index contributed by atoms with van der Waals surface area (Å²) in [5.74, 6) is 0.144. The third kappa shape index (κ3) is 1.11. The standard InChI is InChI=1S/C7H12N4O/c1-11-6(3-9-10-11)5-2-8-4-7(5)12/h3,5,7-8,12H,2,4H2,1H3. The largest absolute Gasteiger partial charge is 0.391 e. The van der Waals surface area contributed by atoms with Gasteiger partial charge >= 0.3 is 0 Å². The predicted molar refractivity (Wildman–Crippen MR) is 42.6 cm³/mol. The second kappa shape index (κ2) is 2.84. The molecule has 1 aromatic rings. The van der Waals surface area contributed by atoms with Crippen LogP contribution in [0.5, 0.6) is 0 Å². The molecule has 2 rings (SSSR count). The third-order valence-electron chi connectivity index (χ3n) is 2.31. The predicted octanol–water partition coefficient (Wildman–Crippen LogP) is -1.14. The Balaban J connectivity index is 2.24. The maximum absolute atomic E-state index is 9.55. The van der Waals surface area contributed by atoms with Crippen LogP contribution in [0.1, 0.15) is 11.6 Å². The minimum absolute atomic E-state index is 0.144. The quantitative estimate of drug-likeness (QED) is 0.556. The van der Waals surface area contributed by atoms with Crippen LogP contribution in [0.3, 0.4) is 0 Å². The zero-order valence-electron chi connectivity index (χ0n) is 6.94. The van der Waals surface area contributed by atoms with Crippen molar-refractivity contribution < 1.29 is 5.11 Å². The Morgan fingerprint density at radius 2 is 2.50 bits per heavy atom. The number of nitrogens with one attached hydrogen (secondary N) is 1. The molecule has 1 saturated heterocycles. The van der Waals surface area contributed by atoms with E-state index in [0.29, 0.717) is 6.54 Å². The molecule has 0 radical (unpaired) electrons. The third-order valence-corrected chi connectivity index (χ3v) is 2.31. The summed E-state index contributed by atoms with van der Waals surface area (Å²) in [6, 6.07) is 0. The summed E-state index contributed by atoms with van der Waals surface area (Å²) in [4.78, 5) is 0. The van der Waals surface area contributed by atoms with E-state index in [1.807, 2.05) is 7.05 Å². The van der Waals surface area contributed by atoms with Crippen LogP contribution in [0.25, 0.3) is 0 Å². The monoisotopic (exact) mass is 168 g/mol. The highest BCUT2D eigenvalue weighted by atomic mass is 16.3. The van der Waals surface area contributed by atoms with Crippen molar-refractivity contribution in [1.82, 2.24) is 20.3 Å². The van der Waals surface area contributed by atoms with E-state index < -0.39 is 0 Å². The Kier molecular flexibility index (Phi) is 1.82. The van der Waals surface area contributed by atoms with Gasteiger partial charge in [0.2, 0.25) is 0 Å². The second-order valence-corrected chi connectivity index (χ2v) is 3.11. The van der Waals surface area contributed by atoms with Crippen molar-refractivity contribution in [2.75, 3.05) is 13.1 Å². The first-order valence-electron chi connectivity index (χ1n) is 4.02. The van der Waals surface area contributed by atoms with Crippen molar-refractivity contribution in [1.29, 1.82) is 0 Å². The highest BCUT2D eigenvalue weighted by Gasteiger charge is 2.28. The lowest BCUT2D eigenvalue weighted by atomic mass is 10.0. The molecule has 0 amide bonds. The fraction of sp³-hybridized carbons (Fsp3) is 0.714. The molecule has 1 aromatic heterocycles. The number of aromatic nitrogens is 3. The van der Waals surface area contributed by atoms with Crippen molar-refractivity contribution in [2.24, 2.45) is 7.05 Å².